The Labute approximate surface area is 148 Å². The van der Waals surface area contributed by atoms with E-state index in [1.807, 2.05) is 6.92 Å². The van der Waals surface area contributed by atoms with Crippen molar-refractivity contribution in [3.8, 4) is 0 Å². The highest BCUT2D eigenvalue weighted by molar-refractivity contribution is 5.85. The molecule has 2 N–H and O–H groups in total. The average molecular weight is 359 g/mol. The minimum Gasteiger partial charge on any atom is -0.355 e. The van der Waals surface area contributed by atoms with E-state index in [0.29, 0.717) is 18.0 Å². The van der Waals surface area contributed by atoms with E-state index in [4.69, 9.17) is 0 Å². The second-order valence-electron chi connectivity index (χ2n) is 7.01. The van der Waals surface area contributed by atoms with Crippen LogP contribution in [-0.4, -0.2) is 25.5 Å². The number of amides is 1. The average Bonchev–Trinajstić information content (AvgIpc) is 2.97. The topological polar surface area (TPSA) is 41.1 Å². The lowest BCUT2D eigenvalue weighted by Gasteiger charge is -2.37. The first-order valence-electron chi connectivity index (χ1n) is 8.47. The second kappa shape index (κ2) is 7.79. The second-order valence-corrected chi connectivity index (χ2v) is 7.01. The number of benzene rings is 1. The fourth-order valence-corrected chi connectivity index (χ4v) is 4.12. The Morgan fingerprint density at radius 2 is 2.21 bits per heavy atom. The van der Waals surface area contributed by atoms with Crippen LogP contribution in [-0.2, 0) is 4.79 Å². The van der Waals surface area contributed by atoms with Crippen molar-refractivity contribution in [3.05, 3.63) is 35.4 Å². The van der Waals surface area contributed by atoms with Gasteiger partial charge in [-0.3, -0.25) is 4.79 Å². The minimum atomic E-state index is -0.580. The van der Waals surface area contributed by atoms with Crippen molar-refractivity contribution >= 4 is 18.3 Å². The predicted octanol–water partition coefficient (Wildman–Crippen LogP) is 3.39. The maximum atomic E-state index is 13.8. The molecule has 24 heavy (non-hydrogen) atoms. The molecule has 1 aromatic rings. The van der Waals surface area contributed by atoms with Crippen LogP contribution in [0.15, 0.2) is 18.2 Å². The molecule has 0 spiro atoms. The summed E-state index contributed by atoms with van der Waals surface area (Å²) in [7, 11) is 0. The van der Waals surface area contributed by atoms with Crippen LogP contribution in [0, 0.1) is 23.0 Å². The summed E-state index contributed by atoms with van der Waals surface area (Å²) in [5.41, 5.74) is 0.146. The molecule has 1 saturated heterocycles. The Hall–Kier alpha value is -1.20. The summed E-state index contributed by atoms with van der Waals surface area (Å²) in [5.74, 6) is -0.825. The summed E-state index contributed by atoms with van der Waals surface area (Å²) in [6.45, 7) is 3.87. The quantitative estimate of drug-likeness (QED) is 0.866. The molecule has 1 heterocycles. The van der Waals surface area contributed by atoms with Crippen LogP contribution in [0.25, 0.3) is 0 Å². The third-order valence-electron chi connectivity index (χ3n) is 5.55. The van der Waals surface area contributed by atoms with E-state index in [1.54, 1.807) is 0 Å². The van der Waals surface area contributed by atoms with Crippen LogP contribution in [0.1, 0.15) is 44.1 Å². The molecule has 1 aromatic carbocycles. The van der Waals surface area contributed by atoms with Crippen molar-refractivity contribution in [3.63, 3.8) is 0 Å². The maximum absolute atomic E-state index is 13.8. The van der Waals surface area contributed by atoms with Gasteiger partial charge in [0.25, 0.3) is 0 Å². The first-order chi connectivity index (χ1) is 11.0. The summed E-state index contributed by atoms with van der Waals surface area (Å²) in [6, 6.07) is 3.61. The Kier molecular flexibility index (Phi) is 6.21. The van der Waals surface area contributed by atoms with Crippen LogP contribution in [0.4, 0.5) is 8.78 Å². The first kappa shape index (κ1) is 19.1. The summed E-state index contributed by atoms with van der Waals surface area (Å²) < 4.78 is 26.8. The lowest BCUT2D eigenvalue weighted by Crippen LogP contribution is -2.48. The van der Waals surface area contributed by atoms with E-state index in [0.717, 1.165) is 38.4 Å². The van der Waals surface area contributed by atoms with Gasteiger partial charge in [0.2, 0.25) is 5.91 Å². The molecule has 1 amide bonds. The van der Waals surface area contributed by atoms with Crippen LogP contribution < -0.4 is 10.6 Å². The molecule has 1 saturated carbocycles. The number of carbonyl (C=O) groups excluding carboxylic acids is 1. The number of hydrogen-bond donors (Lipinski definition) is 2. The van der Waals surface area contributed by atoms with Gasteiger partial charge in [0.1, 0.15) is 11.6 Å². The van der Waals surface area contributed by atoms with Gasteiger partial charge in [-0.05, 0) is 36.9 Å². The number of carbonyl (C=O) groups is 1. The summed E-state index contributed by atoms with van der Waals surface area (Å²) in [5, 5.41) is 6.37. The molecule has 2 fully saturated rings. The first-order valence-corrected chi connectivity index (χ1v) is 8.47. The molecule has 6 heteroatoms. The molecular formula is C18H25ClF2N2O. The monoisotopic (exact) mass is 358 g/mol. The fraction of sp³-hybridized carbons (Fsp3) is 0.611. The van der Waals surface area contributed by atoms with Gasteiger partial charge in [0.15, 0.2) is 0 Å². The highest BCUT2D eigenvalue weighted by Crippen LogP contribution is 2.43. The van der Waals surface area contributed by atoms with Gasteiger partial charge < -0.3 is 10.6 Å². The van der Waals surface area contributed by atoms with Gasteiger partial charge >= 0.3 is 0 Å². The van der Waals surface area contributed by atoms with Gasteiger partial charge in [-0.25, -0.2) is 8.78 Å². The molecule has 3 atom stereocenters. The molecular weight excluding hydrogens is 334 g/mol. The van der Waals surface area contributed by atoms with E-state index in [-0.39, 0.29) is 29.6 Å². The summed E-state index contributed by atoms with van der Waals surface area (Å²) in [6.07, 6.45) is 4.31. The lowest BCUT2D eigenvalue weighted by atomic mass is 9.67. The zero-order valence-corrected chi connectivity index (χ0v) is 14.7. The summed E-state index contributed by atoms with van der Waals surface area (Å²) in [4.78, 5) is 12.8. The molecule has 1 aliphatic heterocycles. The number of nitrogens with one attached hydrogen (secondary N) is 2. The van der Waals surface area contributed by atoms with E-state index < -0.39 is 11.6 Å². The smallest absolute Gasteiger partial charge is 0.227 e. The summed E-state index contributed by atoms with van der Waals surface area (Å²) >= 11 is 0. The van der Waals surface area contributed by atoms with Crippen molar-refractivity contribution in [1.82, 2.24) is 10.6 Å². The van der Waals surface area contributed by atoms with E-state index in [2.05, 4.69) is 10.6 Å². The van der Waals surface area contributed by atoms with Gasteiger partial charge in [0, 0.05) is 25.1 Å². The predicted molar refractivity (Wildman–Crippen MR) is 92.3 cm³/mol. The normalized spacial score (nSPS) is 27.0. The lowest BCUT2D eigenvalue weighted by molar-refractivity contribution is -0.134. The number of rotatable bonds is 4. The maximum Gasteiger partial charge on any atom is 0.227 e. The molecule has 2 aliphatic rings. The Morgan fingerprint density at radius 3 is 2.96 bits per heavy atom. The zero-order valence-electron chi connectivity index (χ0n) is 13.9. The highest BCUT2D eigenvalue weighted by Gasteiger charge is 2.49. The molecule has 3 nitrogen and oxygen atoms in total. The van der Waals surface area contributed by atoms with Crippen molar-refractivity contribution in [2.45, 2.75) is 38.5 Å². The number of hydrogen-bond acceptors (Lipinski definition) is 2. The van der Waals surface area contributed by atoms with Crippen molar-refractivity contribution in [1.29, 1.82) is 0 Å². The fourth-order valence-electron chi connectivity index (χ4n) is 4.12. The molecule has 0 radical (unpaired) electrons. The molecule has 0 bridgehead atoms. The Balaban J connectivity index is 0.00000208. The largest absolute Gasteiger partial charge is 0.355 e. The third kappa shape index (κ3) is 3.57. The van der Waals surface area contributed by atoms with Crippen LogP contribution in [0.3, 0.4) is 0 Å². The van der Waals surface area contributed by atoms with E-state index in [1.165, 1.54) is 18.6 Å². The highest BCUT2D eigenvalue weighted by atomic mass is 35.5. The number of fused-ring (bicyclic) bond motifs is 1. The Bertz CT molecular complexity index is 598. The van der Waals surface area contributed by atoms with Gasteiger partial charge in [-0.15, -0.1) is 12.4 Å². The van der Waals surface area contributed by atoms with Crippen molar-refractivity contribution in [2.24, 2.45) is 11.3 Å². The van der Waals surface area contributed by atoms with Crippen LogP contribution in [0.2, 0.25) is 0 Å². The van der Waals surface area contributed by atoms with E-state index in [9.17, 15) is 13.6 Å². The van der Waals surface area contributed by atoms with Crippen LogP contribution in [0.5, 0.6) is 0 Å². The van der Waals surface area contributed by atoms with Gasteiger partial charge in [-0.2, -0.15) is 0 Å². The molecule has 1 unspecified atom stereocenters. The molecule has 3 rings (SSSR count). The Morgan fingerprint density at radius 1 is 1.42 bits per heavy atom. The van der Waals surface area contributed by atoms with E-state index >= 15 is 0 Å². The standard InChI is InChI=1S/C18H24F2N2O.ClH/c1-12(15-6-5-14(19)8-16(15)20)9-22-17(23)18-7-3-2-4-13(18)10-21-11-18;/h5-6,8,12-13,21H,2-4,7,9-11H2,1H3,(H,22,23);1H/t12?,13-,18+;/m0./s1. The molecule has 134 valence electrons. The number of halogens is 3. The van der Waals surface area contributed by atoms with Gasteiger partial charge in [0.05, 0.1) is 5.41 Å². The third-order valence-corrected chi connectivity index (χ3v) is 5.55. The SMILES string of the molecule is CC(CNC(=O)[C@@]12CCCC[C@H]1CNC2)c1ccc(F)cc1F.Cl. The van der Waals surface area contributed by atoms with Gasteiger partial charge in [-0.1, -0.05) is 25.8 Å². The molecule has 1 aliphatic carbocycles. The minimum absolute atomic E-state index is 0. The molecule has 0 aromatic heterocycles. The van der Waals surface area contributed by atoms with Crippen LogP contribution >= 0.6 is 12.4 Å². The zero-order chi connectivity index (χ0) is 16.4. The van der Waals surface area contributed by atoms with Crippen molar-refractivity contribution in [2.75, 3.05) is 19.6 Å². The van der Waals surface area contributed by atoms with Crippen molar-refractivity contribution < 1.29 is 13.6 Å².